The van der Waals surface area contributed by atoms with E-state index >= 15 is 0 Å². The number of rotatable bonds is 6. The standard InChI is InChI=1S/C17H20ClN3O2/c18-16-4-2-14(3-5-16)12-15(13-19)17(22)20-6-1-7-21-8-10-23-11-9-21/h2-5,12H,1,6-11H2,(H,20,22)/b15-12+. The van der Waals surface area contributed by atoms with Crippen molar-refractivity contribution in [1.29, 1.82) is 5.26 Å². The van der Waals surface area contributed by atoms with Crippen molar-refractivity contribution < 1.29 is 9.53 Å². The molecule has 0 bridgehead atoms. The lowest BCUT2D eigenvalue weighted by Gasteiger charge is -2.26. The van der Waals surface area contributed by atoms with E-state index in [4.69, 9.17) is 21.6 Å². The van der Waals surface area contributed by atoms with Crippen LogP contribution in [0.1, 0.15) is 12.0 Å². The number of hydrogen-bond donors (Lipinski definition) is 1. The first-order valence-electron chi connectivity index (χ1n) is 7.65. The molecule has 1 fully saturated rings. The first-order chi connectivity index (χ1) is 11.2. The smallest absolute Gasteiger partial charge is 0.261 e. The highest BCUT2D eigenvalue weighted by atomic mass is 35.5. The fraction of sp³-hybridized carbons (Fsp3) is 0.412. The maximum absolute atomic E-state index is 12.0. The Bertz CT molecular complexity index is 587. The number of benzene rings is 1. The number of nitrogens with zero attached hydrogens (tertiary/aromatic N) is 2. The van der Waals surface area contributed by atoms with E-state index in [1.165, 1.54) is 0 Å². The monoisotopic (exact) mass is 333 g/mol. The van der Waals surface area contributed by atoms with Crippen LogP contribution in [0.25, 0.3) is 6.08 Å². The van der Waals surface area contributed by atoms with Gasteiger partial charge in [-0.25, -0.2) is 0 Å². The molecule has 2 rings (SSSR count). The highest BCUT2D eigenvalue weighted by Crippen LogP contribution is 2.12. The molecular formula is C17H20ClN3O2. The molecule has 122 valence electrons. The minimum absolute atomic E-state index is 0.0960. The van der Waals surface area contributed by atoms with Gasteiger partial charge < -0.3 is 10.1 Å². The number of carbonyl (C=O) groups excluding carboxylic acids is 1. The molecule has 0 radical (unpaired) electrons. The molecule has 6 heteroatoms. The summed E-state index contributed by atoms with van der Waals surface area (Å²) >= 11 is 5.82. The van der Waals surface area contributed by atoms with Crippen LogP contribution in [0.3, 0.4) is 0 Å². The van der Waals surface area contributed by atoms with Crippen LogP contribution in [0, 0.1) is 11.3 Å². The lowest BCUT2D eigenvalue weighted by Crippen LogP contribution is -2.38. The summed E-state index contributed by atoms with van der Waals surface area (Å²) in [6.45, 7) is 4.90. The number of nitriles is 1. The number of amides is 1. The summed E-state index contributed by atoms with van der Waals surface area (Å²) in [4.78, 5) is 14.3. The van der Waals surface area contributed by atoms with E-state index in [1.54, 1.807) is 30.3 Å². The molecule has 1 heterocycles. The van der Waals surface area contributed by atoms with Crippen molar-refractivity contribution in [3.05, 3.63) is 40.4 Å². The summed E-state index contributed by atoms with van der Waals surface area (Å²) in [6.07, 6.45) is 2.42. The van der Waals surface area contributed by atoms with Crippen molar-refractivity contribution in [3.8, 4) is 6.07 Å². The van der Waals surface area contributed by atoms with Gasteiger partial charge in [-0.2, -0.15) is 5.26 Å². The van der Waals surface area contributed by atoms with Crippen molar-refractivity contribution in [2.24, 2.45) is 0 Å². The van der Waals surface area contributed by atoms with Crippen LogP contribution in [-0.4, -0.2) is 50.2 Å². The van der Waals surface area contributed by atoms with Gasteiger partial charge in [-0.3, -0.25) is 9.69 Å². The van der Waals surface area contributed by atoms with Gasteiger partial charge in [0, 0.05) is 24.7 Å². The number of nitrogens with one attached hydrogen (secondary N) is 1. The second-order valence-electron chi connectivity index (χ2n) is 5.28. The minimum Gasteiger partial charge on any atom is -0.379 e. The number of carbonyl (C=O) groups is 1. The first-order valence-corrected chi connectivity index (χ1v) is 8.02. The molecule has 1 saturated heterocycles. The predicted molar refractivity (Wildman–Crippen MR) is 89.9 cm³/mol. The Morgan fingerprint density at radius 3 is 2.70 bits per heavy atom. The van der Waals surface area contributed by atoms with Gasteiger partial charge in [0.25, 0.3) is 5.91 Å². The predicted octanol–water partition coefficient (Wildman–Crippen LogP) is 2.09. The molecule has 0 aromatic heterocycles. The third-order valence-corrected chi connectivity index (χ3v) is 3.84. The molecule has 0 atom stereocenters. The zero-order chi connectivity index (χ0) is 16.5. The normalized spacial score (nSPS) is 15.9. The Balaban J connectivity index is 1.78. The summed E-state index contributed by atoms with van der Waals surface area (Å²) in [5.41, 5.74) is 0.869. The summed E-state index contributed by atoms with van der Waals surface area (Å²) in [7, 11) is 0. The number of halogens is 1. The average molecular weight is 334 g/mol. The third kappa shape index (κ3) is 6.03. The maximum Gasteiger partial charge on any atom is 0.261 e. The molecule has 1 aliphatic rings. The molecule has 5 nitrogen and oxygen atoms in total. The van der Waals surface area contributed by atoms with E-state index in [9.17, 15) is 4.79 Å². The van der Waals surface area contributed by atoms with E-state index in [2.05, 4.69) is 10.2 Å². The van der Waals surface area contributed by atoms with Crippen LogP contribution in [0.4, 0.5) is 0 Å². The molecule has 0 spiro atoms. The van der Waals surface area contributed by atoms with E-state index in [1.807, 2.05) is 6.07 Å². The summed E-state index contributed by atoms with van der Waals surface area (Å²) in [5.74, 6) is -0.343. The Morgan fingerprint density at radius 2 is 2.04 bits per heavy atom. The van der Waals surface area contributed by atoms with Crippen LogP contribution < -0.4 is 5.32 Å². The number of hydrogen-bond acceptors (Lipinski definition) is 4. The van der Waals surface area contributed by atoms with Gasteiger partial charge in [0.1, 0.15) is 11.6 Å². The zero-order valence-corrected chi connectivity index (χ0v) is 13.7. The van der Waals surface area contributed by atoms with Gasteiger partial charge in [0.2, 0.25) is 0 Å². The zero-order valence-electron chi connectivity index (χ0n) is 12.9. The van der Waals surface area contributed by atoms with Gasteiger partial charge in [0.15, 0.2) is 0 Å². The second kappa shape index (κ2) is 9.31. The fourth-order valence-corrected chi connectivity index (χ4v) is 2.42. The summed E-state index contributed by atoms with van der Waals surface area (Å²) in [6, 6.07) is 8.93. The van der Waals surface area contributed by atoms with Gasteiger partial charge in [-0.15, -0.1) is 0 Å². The van der Waals surface area contributed by atoms with Crippen LogP contribution in [0.5, 0.6) is 0 Å². The summed E-state index contributed by atoms with van der Waals surface area (Å²) in [5, 5.41) is 12.6. The van der Waals surface area contributed by atoms with E-state index in [0.29, 0.717) is 11.6 Å². The number of morpholine rings is 1. The molecule has 23 heavy (non-hydrogen) atoms. The lowest BCUT2D eigenvalue weighted by atomic mass is 10.1. The Hall–Kier alpha value is -1.87. The largest absolute Gasteiger partial charge is 0.379 e. The summed E-state index contributed by atoms with van der Waals surface area (Å²) < 4.78 is 5.29. The molecule has 0 aliphatic carbocycles. The highest BCUT2D eigenvalue weighted by molar-refractivity contribution is 6.30. The highest BCUT2D eigenvalue weighted by Gasteiger charge is 2.11. The van der Waals surface area contributed by atoms with E-state index in [0.717, 1.165) is 44.8 Å². The quantitative estimate of drug-likeness (QED) is 0.492. The topological polar surface area (TPSA) is 65.4 Å². The second-order valence-corrected chi connectivity index (χ2v) is 5.72. The molecule has 1 aliphatic heterocycles. The van der Waals surface area contributed by atoms with Crippen molar-refractivity contribution in [1.82, 2.24) is 10.2 Å². The van der Waals surface area contributed by atoms with Gasteiger partial charge in [-0.1, -0.05) is 23.7 Å². The molecule has 0 unspecified atom stereocenters. The molecule has 1 amide bonds. The van der Waals surface area contributed by atoms with Crippen LogP contribution in [-0.2, 0) is 9.53 Å². The SMILES string of the molecule is N#C/C(=C\c1ccc(Cl)cc1)C(=O)NCCCN1CCOCC1. The number of ether oxygens (including phenoxy) is 1. The van der Waals surface area contributed by atoms with E-state index < -0.39 is 0 Å². The average Bonchev–Trinajstić information content (AvgIpc) is 2.59. The van der Waals surface area contributed by atoms with Crippen molar-refractivity contribution in [2.75, 3.05) is 39.4 Å². The fourth-order valence-electron chi connectivity index (χ4n) is 2.30. The van der Waals surface area contributed by atoms with Crippen molar-refractivity contribution >= 4 is 23.6 Å². The molecule has 0 saturated carbocycles. The first kappa shape index (κ1) is 17.5. The molecule has 1 N–H and O–H groups in total. The Morgan fingerprint density at radius 1 is 1.35 bits per heavy atom. The van der Waals surface area contributed by atoms with Gasteiger partial charge in [0.05, 0.1) is 13.2 Å². The molecule has 1 aromatic carbocycles. The third-order valence-electron chi connectivity index (χ3n) is 3.59. The van der Waals surface area contributed by atoms with Crippen molar-refractivity contribution in [2.45, 2.75) is 6.42 Å². The molecule has 1 aromatic rings. The van der Waals surface area contributed by atoms with Crippen LogP contribution in [0.15, 0.2) is 29.8 Å². The van der Waals surface area contributed by atoms with Crippen molar-refractivity contribution in [3.63, 3.8) is 0 Å². The maximum atomic E-state index is 12.0. The van der Waals surface area contributed by atoms with Crippen LogP contribution in [0.2, 0.25) is 5.02 Å². The van der Waals surface area contributed by atoms with Gasteiger partial charge >= 0.3 is 0 Å². The molecular weight excluding hydrogens is 314 g/mol. The van der Waals surface area contributed by atoms with Gasteiger partial charge in [-0.05, 0) is 36.7 Å². The Kier molecular flexibility index (Phi) is 7.08. The minimum atomic E-state index is -0.343. The van der Waals surface area contributed by atoms with Crippen LogP contribution >= 0.6 is 11.6 Å². The van der Waals surface area contributed by atoms with E-state index in [-0.39, 0.29) is 11.5 Å². The lowest BCUT2D eigenvalue weighted by molar-refractivity contribution is -0.117. The Labute approximate surface area is 141 Å².